The van der Waals surface area contributed by atoms with Crippen LogP contribution in [0.2, 0.25) is 5.02 Å². The Morgan fingerprint density at radius 2 is 2.00 bits per heavy atom. The van der Waals surface area contributed by atoms with E-state index in [9.17, 15) is 13.2 Å². The van der Waals surface area contributed by atoms with Gasteiger partial charge in [-0.15, -0.1) is 0 Å². The fourth-order valence-corrected chi connectivity index (χ4v) is 4.27. The molecule has 2 heterocycles. The largest absolute Gasteiger partial charge is 0.379 e. The summed E-state index contributed by atoms with van der Waals surface area (Å²) in [6.45, 7) is 0. The van der Waals surface area contributed by atoms with Gasteiger partial charge in [0.05, 0.1) is 29.1 Å². The maximum absolute atomic E-state index is 12.3. The number of anilines is 1. The normalized spacial score (nSPS) is 20.0. The second-order valence-electron chi connectivity index (χ2n) is 5.17. The van der Waals surface area contributed by atoms with Crippen LogP contribution < -0.4 is 10.9 Å². The summed E-state index contributed by atoms with van der Waals surface area (Å²) in [4.78, 5) is 12.3. The van der Waals surface area contributed by atoms with E-state index in [1.54, 1.807) is 24.3 Å². The third-order valence-electron chi connectivity index (χ3n) is 3.51. The van der Waals surface area contributed by atoms with Gasteiger partial charge in [0.25, 0.3) is 5.56 Å². The molecule has 0 bridgehead atoms. The lowest BCUT2D eigenvalue weighted by molar-refractivity contribution is 0.602. The second kappa shape index (κ2) is 5.73. The van der Waals surface area contributed by atoms with Crippen molar-refractivity contribution >= 4 is 27.1 Å². The summed E-state index contributed by atoms with van der Waals surface area (Å²) in [6.07, 6.45) is 1.95. The molecule has 6 nitrogen and oxygen atoms in total. The molecule has 1 fully saturated rings. The van der Waals surface area contributed by atoms with Gasteiger partial charge in [-0.2, -0.15) is 9.78 Å². The number of rotatable bonds is 3. The average molecular weight is 340 g/mol. The van der Waals surface area contributed by atoms with Crippen LogP contribution in [0, 0.1) is 0 Å². The predicted octanol–water partition coefficient (Wildman–Crippen LogP) is 1.48. The number of aromatic nitrogens is 2. The van der Waals surface area contributed by atoms with Gasteiger partial charge in [-0.25, -0.2) is 8.42 Å². The summed E-state index contributed by atoms with van der Waals surface area (Å²) >= 11 is 6.11. The van der Waals surface area contributed by atoms with Crippen molar-refractivity contribution in [3.05, 3.63) is 51.9 Å². The van der Waals surface area contributed by atoms with Crippen LogP contribution in [0.3, 0.4) is 0 Å². The maximum atomic E-state index is 12.3. The van der Waals surface area contributed by atoms with Crippen molar-refractivity contribution in [3.8, 4) is 5.69 Å². The molecule has 8 heteroatoms. The number of sulfone groups is 1. The number of hydrogen-bond acceptors (Lipinski definition) is 5. The lowest BCUT2D eigenvalue weighted by Crippen LogP contribution is -2.26. The highest BCUT2D eigenvalue weighted by Gasteiger charge is 2.28. The molecule has 0 unspecified atom stereocenters. The number of hydrogen-bond donors (Lipinski definition) is 1. The molecular formula is C14H14ClN3O3S. The number of para-hydroxylation sites is 1. The number of benzene rings is 1. The summed E-state index contributed by atoms with van der Waals surface area (Å²) in [7, 11) is -3.00. The van der Waals surface area contributed by atoms with Crippen molar-refractivity contribution in [1.82, 2.24) is 9.78 Å². The van der Waals surface area contributed by atoms with Crippen LogP contribution in [0.25, 0.3) is 5.69 Å². The van der Waals surface area contributed by atoms with E-state index in [-0.39, 0.29) is 22.6 Å². The zero-order chi connectivity index (χ0) is 15.7. The van der Waals surface area contributed by atoms with Crippen molar-refractivity contribution in [2.45, 2.75) is 12.5 Å². The lowest BCUT2D eigenvalue weighted by atomic mass is 10.2. The minimum atomic E-state index is -3.00. The number of nitrogens with zero attached hydrogens (tertiary/aromatic N) is 2. The lowest BCUT2D eigenvalue weighted by Gasteiger charge is -2.14. The quantitative estimate of drug-likeness (QED) is 0.916. The molecule has 0 amide bonds. The predicted molar refractivity (Wildman–Crippen MR) is 85.5 cm³/mol. The number of nitrogens with one attached hydrogen (secondary N) is 1. The molecule has 1 saturated heterocycles. The topological polar surface area (TPSA) is 81.1 Å². The van der Waals surface area contributed by atoms with Gasteiger partial charge >= 0.3 is 0 Å². The van der Waals surface area contributed by atoms with Gasteiger partial charge in [0.15, 0.2) is 9.84 Å². The first-order valence-corrected chi connectivity index (χ1v) is 8.96. The number of halogens is 1. The molecule has 1 aromatic heterocycles. The minimum Gasteiger partial charge on any atom is -0.379 e. The highest BCUT2D eigenvalue weighted by Crippen LogP contribution is 2.21. The first-order valence-electron chi connectivity index (χ1n) is 6.76. The maximum Gasteiger partial charge on any atom is 0.292 e. The van der Waals surface area contributed by atoms with Gasteiger partial charge in [-0.05, 0) is 18.6 Å². The Hall–Kier alpha value is -1.86. The Bertz CT molecular complexity index is 849. The highest BCUT2D eigenvalue weighted by atomic mass is 35.5. The van der Waals surface area contributed by atoms with Crippen molar-refractivity contribution in [1.29, 1.82) is 0 Å². The van der Waals surface area contributed by atoms with Crippen LogP contribution in [0.1, 0.15) is 6.42 Å². The molecule has 22 heavy (non-hydrogen) atoms. The molecule has 0 spiro atoms. The summed E-state index contributed by atoms with van der Waals surface area (Å²) in [5.74, 6) is 0.196. The van der Waals surface area contributed by atoms with Crippen molar-refractivity contribution in [3.63, 3.8) is 0 Å². The minimum absolute atomic E-state index is 0.00292. The van der Waals surface area contributed by atoms with Gasteiger partial charge in [0.2, 0.25) is 0 Å². The van der Waals surface area contributed by atoms with E-state index in [4.69, 9.17) is 11.6 Å². The SMILES string of the molecule is O=c1c(Cl)c(N[C@@H]2CCS(=O)(=O)C2)cnn1-c1ccccc1. The van der Waals surface area contributed by atoms with Gasteiger partial charge < -0.3 is 5.32 Å². The molecule has 0 aliphatic carbocycles. The molecule has 1 N–H and O–H groups in total. The first-order chi connectivity index (χ1) is 10.5. The van der Waals surface area contributed by atoms with E-state index in [2.05, 4.69) is 10.4 Å². The van der Waals surface area contributed by atoms with E-state index in [0.717, 1.165) is 0 Å². The first kappa shape index (κ1) is 15.1. The molecule has 0 saturated carbocycles. The summed E-state index contributed by atoms with van der Waals surface area (Å²) in [5, 5.41) is 7.10. The van der Waals surface area contributed by atoms with Crippen LogP contribution >= 0.6 is 11.6 Å². The van der Waals surface area contributed by atoms with Gasteiger partial charge in [0, 0.05) is 6.04 Å². The van der Waals surface area contributed by atoms with Gasteiger partial charge in [-0.3, -0.25) is 4.79 Å². The van der Waals surface area contributed by atoms with Crippen LogP contribution in [-0.2, 0) is 9.84 Å². The van der Waals surface area contributed by atoms with Crippen molar-refractivity contribution in [2.24, 2.45) is 0 Å². The van der Waals surface area contributed by atoms with Gasteiger partial charge in [-0.1, -0.05) is 29.8 Å². The average Bonchev–Trinajstić information content (AvgIpc) is 2.84. The summed E-state index contributed by atoms with van der Waals surface area (Å²) < 4.78 is 24.1. The third-order valence-corrected chi connectivity index (χ3v) is 5.64. The van der Waals surface area contributed by atoms with E-state index in [1.165, 1.54) is 10.9 Å². The second-order valence-corrected chi connectivity index (χ2v) is 7.78. The van der Waals surface area contributed by atoms with Gasteiger partial charge in [0.1, 0.15) is 5.02 Å². The van der Waals surface area contributed by atoms with Crippen molar-refractivity contribution in [2.75, 3.05) is 16.8 Å². The molecule has 116 valence electrons. The zero-order valence-electron chi connectivity index (χ0n) is 11.6. The van der Waals surface area contributed by atoms with Crippen LogP contribution in [0.4, 0.5) is 5.69 Å². The molecule has 0 radical (unpaired) electrons. The van der Waals surface area contributed by atoms with E-state index in [0.29, 0.717) is 17.8 Å². The molecule has 2 aromatic rings. The molecule has 3 rings (SSSR count). The standard InChI is InChI=1S/C14H14ClN3O3S/c15-13-12(17-10-6-7-22(20,21)9-10)8-16-18(14(13)19)11-4-2-1-3-5-11/h1-5,8,10,17H,6-7,9H2/t10-/m1/s1. The Morgan fingerprint density at radius 3 is 2.64 bits per heavy atom. The fourth-order valence-electron chi connectivity index (χ4n) is 2.42. The third kappa shape index (κ3) is 3.00. The highest BCUT2D eigenvalue weighted by molar-refractivity contribution is 7.91. The smallest absolute Gasteiger partial charge is 0.292 e. The Morgan fingerprint density at radius 1 is 1.27 bits per heavy atom. The fraction of sp³-hybridized carbons (Fsp3) is 0.286. The molecule has 1 atom stereocenters. The summed E-state index contributed by atoms with van der Waals surface area (Å²) in [5.41, 5.74) is 0.532. The van der Waals surface area contributed by atoms with E-state index in [1.807, 2.05) is 6.07 Å². The zero-order valence-corrected chi connectivity index (χ0v) is 13.1. The van der Waals surface area contributed by atoms with Crippen LogP contribution in [0.5, 0.6) is 0 Å². The molecule has 1 aliphatic heterocycles. The van der Waals surface area contributed by atoms with Crippen LogP contribution in [-0.4, -0.2) is 35.7 Å². The molecule has 1 aliphatic rings. The Balaban J connectivity index is 1.89. The Kier molecular flexibility index (Phi) is 3.92. The molecule has 1 aromatic carbocycles. The van der Waals surface area contributed by atoms with E-state index < -0.39 is 15.4 Å². The Labute approximate surface area is 132 Å². The monoisotopic (exact) mass is 339 g/mol. The molecular weight excluding hydrogens is 326 g/mol. The van der Waals surface area contributed by atoms with E-state index >= 15 is 0 Å². The summed E-state index contributed by atoms with van der Waals surface area (Å²) in [6, 6.07) is 8.70. The van der Waals surface area contributed by atoms with Crippen molar-refractivity contribution < 1.29 is 8.42 Å². The van der Waals surface area contributed by atoms with Crippen LogP contribution in [0.15, 0.2) is 41.3 Å².